The summed E-state index contributed by atoms with van der Waals surface area (Å²) in [6.45, 7) is 5.81. The number of nitrogens with zero attached hydrogens (tertiary/aromatic N) is 2. The number of rotatable bonds is 6. The van der Waals surface area contributed by atoms with E-state index in [2.05, 4.69) is 34.2 Å². The van der Waals surface area contributed by atoms with Crippen molar-refractivity contribution in [1.82, 2.24) is 9.88 Å². The van der Waals surface area contributed by atoms with Crippen molar-refractivity contribution in [3.8, 4) is 11.5 Å². The lowest BCUT2D eigenvalue weighted by molar-refractivity contribution is 0.200. The van der Waals surface area contributed by atoms with Crippen LogP contribution in [0.5, 0.6) is 11.5 Å². The Labute approximate surface area is 172 Å². The van der Waals surface area contributed by atoms with E-state index in [1.165, 1.54) is 11.1 Å². The monoisotopic (exact) mass is 388 g/mol. The maximum Gasteiger partial charge on any atom is 0.128 e. The fraction of sp³-hybridized carbons (Fsp3) is 0.320. The summed E-state index contributed by atoms with van der Waals surface area (Å²) in [6, 6.07) is 18.5. The first-order valence-electron chi connectivity index (χ1n) is 10.3. The molecule has 1 aliphatic rings. The molecule has 2 heterocycles. The van der Waals surface area contributed by atoms with Gasteiger partial charge in [-0.15, -0.1) is 0 Å². The topological polar surface area (TPSA) is 34.6 Å². The SMILES string of the molecule is COc1cccc(C=C2CCN(CCOc3cccc4nc(C)ccc34)CC2)c1. The third-order valence-electron chi connectivity index (χ3n) is 5.46. The minimum absolute atomic E-state index is 0.696. The molecule has 0 spiro atoms. The Bertz CT molecular complexity index is 1000. The predicted molar refractivity (Wildman–Crippen MR) is 119 cm³/mol. The number of ether oxygens (including phenoxy) is 2. The minimum Gasteiger partial charge on any atom is -0.497 e. The highest BCUT2D eigenvalue weighted by Crippen LogP contribution is 2.25. The summed E-state index contributed by atoms with van der Waals surface area (Å²) in [7, 11) is 1.71. The fourth-order valence-corrected chi connectivity index (χ4v) is 3.81. The number of aromatic nitrogens is 1. The van der Waals surface area contributed by atoms with Gasteiger partial charge in [-0.05, 0) is 61.7 Å². The molecular formula is C25H28N2O2. The summed E-state index contributed by atoms with van der Waals surface area (Å²) in [6.07, 6.45) is 4.52. The van der Waals surface area contributed by atoms with Gasteiger partial charge in [0.15, 0.2) is 0 Å². The Morgan fingerprint density at radius 1 is 1.03 bits per heavy atom. The molecule has 1 aromatic heterocycles. The summed E-state index contributed by atoms with van der Waals surface area (Å²) in [4.78, 5) is 7.07. The number of hydrogen-bond donors (Lipinski definition) is 0. The minimum atomic E-state index is 0.696. The maximum atomic E-state index is 6.10. The number of aryl methyl sites for hydroxylation is 1. The molecule has 4 rings (SSSR count). The van der Waals surface area contributed by atoms with Crippen LogP contribution < -0.4 is 9.47 Å². The van der Waals surface area contributed by atoms with Crippen molar-refractivity contribution in [3.63, 3.8) is 0 Å². The van der Waals surface area contributed by atoms with Crippen LogP contribution in [0, 0.1) is 6.92 Å². The van der Waals surface area contributed by atoms with Crippen LogP contribution in [0.1, 0.15) is 24.1 Å². The van der Waals surface area contributed by atoms with Crippen molar-refractivity contribution in [2.75, 3.05) is 33.4 Å². The molecule has 3 aromatic rings. The van der Waals surface area contributed by atoms with E-state index in [1.807, 2.05) is 43.3 Å². The van der Waals surface area contributed by atoms with E-state index in [0.29, 0.717) is 6.61 Å². The molecule has 0 unspecified atom stereocenters. The van der Waals surface area contributed by atoms with Gasteiger partial charge in [0.25, 0.3) is 0 Å². The van der Waals surface area contributed by atoms with Crippen molar-refractivity contribution in [3.05, 3.63) is 71.4 Å². The van der Waals surface area contributed by atoms with Crippen LogP contribution >= 0.6 is 0 Å². The van der Waals surface area contributed by atoms with E-state index in [-0.39, 0.29) is 0 Å². The average molecular weight is 389 g/mol. The average Bonchev–Trinajstić information content (AvgIpc) is 2.75. The van der Waals surface area contributed by atoms with Gasteiger partial charge in [-0.1, -0.05) is 29.8 Å². The van der Waals surface area contributed by atoms with E-state index in [4.69, 9.17) is 9.47 Å². The smallest absolute Gasteiger partial charge is 0.128 e. The van der Waals surface area contributed by atoms with Crippen LogP contribution in [0.3, 0.4) is 0 Å². The number of piperidine rings is 1. The fourth-order valence-electron chi connectivity index (χ4n) is 3.81. The van der Waals surface area contributed by atoms with E-state index < -0.39 is 0 Å². The highest BCUT2D eigenvalue weighted by Gasteiger charge is 2.14. The van der Waals surface area contributed by atoms with E-state index >= 15 is 0 Å². The largest absolute Gasteiger partial charge is 0.497 e. The molecular weight excluding hydrogens is 360 g/mol. The predicted octanol–water partition coefficient (Wildman–Crippen LogP) is 5.11. The van der Waals surface area contributed by atoms with Crippen LogP contribution in [-0.2, 0) is 0 Å². The number of likely N-dealkylation sites (tertiary alicyclic amines) is 1. The zero-order chi connectivity index (χ0) is 20.1. The molecule has 1 fully saturated rings. The second-order valence-electron chi connectivity index (χ2n) is 7.54. The van der Waals surface area contributed by atoms with Crippen molar-refractivity contribution >= 4 is 17.0 Å². The van der Waals surface area contributed by atoms with Crippen molar-refractivity contribution in [2.24, 2.45) is 0 Å². The zero-order valence-electron chi connectivity index (χ0n) is 17.2. The molecule has 0 aliphatic carbocycles. The van der Waals surface area contributed by atoms with Crippen molar-refractivity contribution in [1.29, 1.82) is 0 Å². The van der Waals surface area contributed by atoms with E-state index in [9.17, 15) is 0 Å². The Hall–Kier alpha value is -2.85. The van der Waals surface area contributed by atoms with Gasteiger partial charge in [0.2, 0.25) is 0 Å². The molecule has 2 aromatic carbocycles. The van der Waals surface area contributed by atoms with Crippen LogP contribution in [0.4, 0.5) is 0 Å². The number of hydrogen-bond acceptors (Lipinski definition) is 4. The normalized spacial score (nSPS) is 14.8. The Balaban J connectivity index is 1.29. The molecule has 0 bridgehead atoms. The number of pyridine rings is 1. The lowest BCUT2D eigenvalue weighted by Gasteiger charge is -2.28. The molecule has 1 aliphatic heterocycles. The number of fused-ring (bicyclic) bond motifs is 1. The molecule has 0 radical (unpaired) electrons. The lowest BCUT2D eigenvalue weighted by Crippen LogP contribution is -2.34. The first kappa shape index (κ1) is 19.5. The zero-order valence-corrected chi connectivity index (χ0v) is 17.2. The Morgan fingerprint density at radius 2 is 1.86 bits per heavy atom. The number of benzene rings is 2. The highest BCUT2D eigenvalue weighted by atomic mass is 16.5. The quantitative estimate of drug-likeness (QED) is 0.588. The molecule has 29 heavy (non-hydrogen) atoms. The molecule has 0 saturated carbocycles. The molecule has 0 atom stereocenters. The van der Waals surface area contributed by atoms with Crippen LogP contribution in [0.25, 0.3) is 17.0 Å². The summed E-state index contributed by atoms with van der Waals surface area (Å²) >= 11 is 0. The highest BCUT2D eigenvalue weighted by molar-refractivity contribution is 5.85. The van der Waals surface area contributed by atoms with Crippen LogP contribution in [0.15, 0.2) is 60.2 Å². The third kappa shape index (κ3) is 4.96. The summed E-state index contributed by atoms with van der Waals surface area (Å²) in [5.74, 6) is 1.83. The van der Waals surface area contributed by atoms with Gasteiger partial charge in [0.1, 0.15) is 18.1 Å². The van der Waals surface area contributed by atoms with Gasteiger partial charge in [0, 0.05) is 30.7 Å². The Morgan fingerprint density at radius 3 is 2.69 bits per heavy atom. The summed E-state index contributed by atoms with van der Waals surface area (Å²) in [5, 5.41) is 1.08. The van der Waals surface area contributed by atoms with Gasteiger partial charge >= 0.3 is 0 Å². The molecule has 1 saturated heterocycles. The standard InChI is InChI=1S/C25H28N2O2/c1-19-9-10-23-24(26-19)7-4-8-25(23)29-16-15-27-13-11-20(12-14-27)17-21-5-3-6-22(18-21)28-2/h3-10,17-18H,11-16H2,1-2H3. The molecule has 4 nitrogen and oxygen atoms in total. The molecule has 0 N–H and O–H groups in total. The third-order valence-corrected chi connectivity index (χ3v) is 5.46. The van der Waals surface area contributed by atoms with Gasteiger partial charge in [0.05, 0.1) is 12.6 Å². The first-order valence-corrected chi connectivity index (χ1v) is 10.3. The second kappa shape index (κ2) is 9.10. The molecule has 0 amide bonds. The van der Waals surface area contributed by atoms with Gasteiger partial charge < -0.3 is 9.47 Å². The summed E-state index contributed by atoms with van der Waals surface area (Å²) in [5.41, 5.74) is 4.75. The first-order chi connectivity index (χ1) is 14.2. The van der Waals surface area contributed by atoms with Crippen LogP contribution in [-0.4, -0.2) is 43.2 Å². The van der Waals surface area contributed by atoms with E-state index in [1.54, 1.807) is 7.11 Å². The summed E-state index contributed by atoms with van der Waals surface area (Å²) < 4.78 is 11.4. The molecule has 4 heteroatoms. The van der Waals surface area contributed by atoms with Crippen molar-refractivity contribution < 1.29 is 9.47 Å². The van der Waals surface area contributed by atoms with Gasteiger partial charge in [-0.2, -0.15) is 0 Å². The maximum absolute atomic E-state index is 6.10. The van der Waals surface area contributed by atoms with Crippen LogP contribution in [0.2, 0.25) is 0 Å². The Kier molecular flexibility index (Phi) is 6.11. The second-order valence-corrected chi connectivity index (χ2v) is 7.54. The van der Waals surface area contributed by atoms with Gasteiger partial charge in [-0.3, -0.25) is 9.88 Å². The molecule has 150 valence electrons. The number of methoxy groups -OCH3 is 1. The van der Waals surface area contributed by atoms with E-state index in [0.717, 1.165) is 60.6 Å². The lowest BCUT2D eigenvalue weighted by atomic mass is 10.0. The van der Waals surface area contributed by atoms with Gasteiger partial charge in [-0.25, -0.2) is 0 Å². The van der Waals surface area contributed by atoms with Crippen molar-refractivity contribution in [2.45, 2.75) is 19.8 Å².